The van der Waals surface area contributed by atoms with E-state index >= 15 is 0 Å². The van der Waals surface area contributed by atoms with Crippen molar-refractivity contribution in [2.75, 3.05) is 11.9 Å². The van der Waals surface area contributed by atoms with Crippen LogP contribution in [-0.2, 0) is 14.3 Å². The van der Waals surface area contributed by atoms with Gasteiger partial charge in [0.15, 0.2) is 6.10 Å². The Hall–Kier alpha value is -1.30. The Morgan fingerprint density at radius 3 is 2.50 bits per heavy atom. The van der Waals surface area contributed by atoms with Crippen LogP contribution in [0.2, 0.25) is 10.0 Å². The maximum absolute atomic E-state index is 11.7. The number of carbonyl (C=O) groups excluding carboxylic acids is 2. The molecule has 5 nitrogen and oxygen atoms in total. The fourth-order valence-electron chi connectivity index (χ4n) is 1.44. The normalized spacial score (nSPS) is 11.8. The number of aliphatic hydroxyl groups is 1. The number of amides is 1. The molecule has 0 aliphatic carbocycles. The lowest BCUT2D eigenvalue weighted by atomic mass is 10.2. The molecule has 7 heteroatoms. The van der Waals surface area contributed by atoms with Gasteiger partial charge in [-0.25, -0.2) is 4.79 Å². The van der Waals surface area contributed by atoms with Gasteiger partial charge in [-0.05, 0) is 25.5 Å². The number of hydrogen-bond acceptors (Lipinski definition) is 4. The van der Waals surface area contributed by atoms with E-state index in [2.05, 4.69) is 10.1 Å². The number of nitrogens with one attached hydrogen (secondary N) is 1. The standard InChI is InChI=1S/C13H15Cl2NO4/c1-2-20-13(19)10(17)6-7-11(18)16-12-8(14)4-3-5-9(12)15/h3-5,10,17H,2,6-7H2,1H3,(H,16,18). The van der Waals surface area contributed by atoms with Crippen LogP contribution < -0.4 is 5.32 Å². The number of ether oxygens (including phenoxy) is 1. The maximum Gasteiger partial charge on any atom is 0.334 e. The van der Waals surface area contributed by atoms with E-state index in [1.807, 2.05) is 0 Å². The molecule has 1 unspecified atom stereocenters. The number of benzene rings is 1. The fraction of sp³-hybridized carbons (Fsp3) is 0.385. The predicted octanol–water partition coefficient (Wildman–Crippen LogP) is 2.64. The molecule has 0 spiro atoms. The first kappa shape index (κ1) is 16.8. The van der Waals surface area contributed by atoms with E-state index in [1.165, 1.54) is 0 Å². The molecule has 0 aromatic heterocycles. The molecule has 1 rings (SSSR count). The highest BCUT2D eigenvalue weighted by molar-refractivity contribution is 6.39. The highest BCUT2D eigenvalue weighted by atomic mass is 35.5. The molecule has 0 radical (unpaired) electrons. The number of rotatable bonds is 6. The van der Waals surface area contributed by atoms with Crippen molar-refractivity contribution >= 4 is 40.8 Å². The summed E-state index contributed by atoms with van der Waals surface area (Å²) in [4.78, 5) is 22.9. The summed E-state index contributed by atoms with van der Waals surface area (Å²) < 4.78 is 4.63. The minimum atomic E-state index is -1.32. The zero-order valence-electron chi connectivity index (χ0n) is 10.9. The highest BCUT2D eigenvalue weighted by Crippen LogP contribution is 2.29. The average molecular weight is 320 g/mol. The zero-order chi connectivity index (χ0) is 15.1. The Morgan fingerprint density at radius 2 is 1.95 bits per heavy atom. The van der Waals surface area contributed by atoms with E-state index in [0.29, 0.717) is 15.7 Å². The van der Waals surface area contributed by atoms with Crippen molar-refractivity contribution in [3.63, 3.8) is 0 Å². The molecule has 2 N–H and O–H groups in total. The van der Waals surface area contributed by atoms with Gasteiger partial charge in [-0.3, -0.25) is 4.79 Å². The van der Waals surface area contributed by atoms with Crippen molar-refractivity contribution < 1.29 is 19.4 Å². The lowest BCUT2D eigenvalue weighted by molar-refractivity contribution is -0.153. The topological polar surface area (TPSA) is 75.6 Å². The SMILES string of the molecule is CCOC(=O)C(O)CCC(=O)Nc1c(Cl)cccc1Cl. The number of carbonyl (C=O) groups is 2. The molecule has 0 fully saturated rings. The number of anilines is 1. The molecule has 1 amide bonds. The van der Waals surface area contributed by atoms with Crippen LogP contribution in [0, 0.1) is 0 Å². The Bertz CT molecular complexity index is 473. The summed E-state index contributed by atoms with van der Waals surface area (Å²) in [5.41, 5.74) is 0.312. The molecular formula is C13H15Cl2NO4. The first-order chi connectivity index (χ1) is 9.45. The van der Waals surface area contributed by atoms with Gasteiger partial charge in [-0.1, -0.05) is 29.3 Å². The van der Waals surface area contributed by atoms with Gasteiger partial charge in [0.25, 0.3) is 0 Å². The lowest BCUT2D eigenvalue weighted by Gasteiger charge is -2.11. The van der Waals surface area contributed by atoms with E-state index in [-0.39, 0.29) is 19.4 Å². The maximum atomic E-state index is 11.7. The van der Waals surface area contributed by atoms with Crippen molar-refractivity contribution in [3.8, 4) is 0 Å². The molecule has 0 heterocycles. The van der Waals surface area contributed by atoms with Gasteiger partial charge in [0.1, 0.15) is 0 Å². The smallest absolute Gasteiger partial charge is 0.334 e. The number of aliphatic hydroxyl groups excluding tert-OH is 1. The van der Waals surface area contributed by atoms with Gasteiger partial charge < -0.3 is 15.2 Å². The molecule has 0 saturated heterocycles. The second kappa shape index (κ2) is 8.09. The molecule has 0 aliphatic rings. The highest BCUT2D eigenvalue weighted by Gasteiger charge is 2.18. The Morgan fingerprint density at radius 1 is 1.35 bits per heavy atom. The monoisotopic (exact) mass is 319 g/mol. The summed E-state index contributed by atoms with van der Waals surface area (Å²) in [7, 11) is 0. The Labute approximate surface area is 126 Å². The Balaban J connectivity index is 2.50. The Kier molecular flexibility index (Phi) is 6.78. The van der Waals surface area contributed by atoms with Crippen LogP contribution in [0.3, 0.4) is 0 Å². The third kappa shape index (κ3) is 5.00. The largest absolute Gasteiger partial charge is 0.464 e. The van der Waals surface area contributed by atoms with E-state index in [9.17, 15) is 14.7 Å². The molecule has 0 bridgehead atoms. The van der Waals surface area contributed by atoms with Crippen molar-refractivity contribution in [2.45, 2.75) is 25.9 Å². The molecule has 1 aromatic carbocycles. The van der Waals surface area contributed by atoms with Crippen LogP contribution in [0.15, 0.2) is 18.2 Å². The van der Waals surface area contributed by atoms with Gasteiger partial charge in [-0.2, -0.15) is 0 Å². The fourth-order valence-corrected chi connectivity index (χ4v) is 1.94. The van der Waals surface area contributed by atoms with E-state index in [4.69, 9.17) is 23.2 Å². The first-order valence-corrected chi connectivity index (χ1v) is 6.79. The predicted molar refractivity (Wildman–Crippen MR) is 77.0 cm³/mol. The molecule has 1 atom stereocenters. The number of halogens is 2. The molecule has 110 valence electrons. The minimum Gasteiger partial charge on any atom is -0.464 e. The first-order valence-electron chi connectivity index (χ1n) is 6.04. The van der Waals surface area contributed by atoms with Crippen LogP contribution in [-0.4, -0.2) is 29.7 Å². The third-order valence-electron chi connectivity index (χ3n) is 2.43. The molecule has 0 aliphatic heterocycles. The van der Waals surface area contributed by atoms with Crippen LogP contribution in [0.1, 0.15) is 19.8 Å². The van der Waals surface area contributed by atoms with Crippen molar-refractivity contribution in [2.24, 2.45) is 0 Å². The second-order valence-corrected chi connectivity index (χ2v) is 4.77. The van der Waals surface area contributed by atoms with Crippen LogP contribution >= 0.6 is 23.2 Å². The van der Waals surface area contributed by atoms with Crippen molar-refractivity contribution in [1.82, 2.24) is 0 Å². The lowest BCUT2D eigenvalue weighted by Crippen LogP contribution is -2.25. The minimum absolute atomic E-state index is 0.0350. The van der Waals surface area contributed by atoms with Gasteiger partial charge in [0.2, 0.25) is 5.91 Å². The number of esters is 1. The van der Waals surface area contributed by atoms with Gasteiger partial charge in [-0.15, -0.1) is 0 Å². The zero-order valence-corrected chi connectivity index (χ0v) is 12.4. The van der Waals surface area contributed by atoms with E-state index in [1.54, 1.807) is 25.1 Å². The molecule has 1 aromatic rings. The van der Waals surface area contributed by atoms with Crippen molar-refractivity contribution in [3.05, 3.63) is 28.2 Å². The summed E-state index contributed by atoms with van der Waals surface area (Å²) in [5.74, 6) is -1.14. The average Bonchev–Trinajstić information content (AvgIpc) is 2.40. The molecule has 0 saturated carbocycles. The number of hydrogen-bond donors (Lipinski definition) is 2. The number of para-hydroxylation sites is 1. The molecular weight excluding hydrogens is 305 g/mol. The van der Waals surface area contributed by atoms with Crippen LogP contribution in [0.4, 0.5) is 5.69 Å². The van der Waals surface area contributed by atoms with Crippen molar-refractivity contribution in [1.29, 1.82) is 0 Å². The summed E-state index contributed by atoms with van der Waals surface area (Å²) >= 11 is 11.8. The van der Waals surface area contributed by atoms with Gasteiger partial charge in [0, 0.05) is 6.42 Å². The third-order valence-corrected chi connectivity index (χ3v) is 3.06. The quantitative estimate of drug-likeness (QED) is 0.790. The summed E-state index contributed by atoms with van der Waals surface area (Å²) in [6.45, 7) is 1.81. The van der Waals surface area contributed by atoms with Gasteiger partial charge in [0.05, 0.1) is 22.3 Å². The van der Waals surface area contributed by atoms with E-state index < -0.39 is 18.0 Å². The van der Waals surface area contributed by atoms with Gasteiger partial charge >= 0.3 is 5.97 Å². The van der Waals surface area contributed by atoms with Crippen LogP contribution in [0.5, 0.6) is 0 Å². The van der Waals surface area contributed by atoms with Crippen LogP contribution in [0.25, 0.3) is 0 Å². The summed E-state index contributed by atoms with van der Waals surface area (Å²) in [6.07, 6.45) is -1.41. The summed E-state index contributed by atoms with van der Waals surface area (Å²) in [6, 6.07) is 4.85. The second-order valence-electron chi connectivity index (χ2n) is 3.95. The van der Waals surface area contributed by atoms with E-state index in [0.717, 1.165) is 0 Å². The molecule has 20 heavy (non-hydrogen) atoms. The summed E-state index contributed by atoms with van der Waals surface area (Å²) in [5, 5.41) is 12.6.